The lowest BCUT2D eigenvalue weighted by Crippen LogP contribution is -2.62. The van der Waals surface area contributed by atoms with Crippen LogP contribution in [0.5, 0.6) is 17.2 Å². The summed E-state index contributed by atoms with van der Waals surface area (Å²) in [5.74, 6) is -0.380. The quantitative estimate of drug-likeness (QED) is 0.237. The largest absolute Gasteiger partial charge is 0.506 e. The molecule has 1 saturated heterocycles. The van der Waals surface area contributed by atoms with Gasteiger partial charge in [-0.05, 0) is 36.4 Å². The lowest BCUT2D eigenvalue weighted by atomic mass is 9.91. The van der Waals surface area contributed by atoms with Crippen molar-refractivity contribution in [1.82, 2.24) is 0 Å². The first-order valence-electron chi connectivity index (χ1n) is 12.2. The van der Waals surface area contributed by atoms with Crippen LogP contribution in [0.25, 0.3) is 10.8 Å². The van der Waals surface area contributed by atoms with E-state index in [0.717, 1.165) is 0 Å². The topological polar surface area (TPSA) is 166 Å². The number of methoxy groups -OCH3 is 1. The van der Waals surface area contributed by atoms with Crippen molar-refractivity contribution in [1.29, 1.82) is 0 Å². The van der Waals surface area contributed by atoms with Crippen molar-refractivity contribution in [3.05, 3.63) is 65.2 Å². The lowest BCUT2D eigenvalue weighted by Gasteiger charge is -2.42. The summed E-state index contributed by atoms with van der Waals surface area (Å²) in [5.41, 5.74) is 1.17. The van der Waals surface area contributed by atoms with Gasteiger partial charge in [-0.1, -0.05) is 36.4 Å². The number of hydrogen-bond donors (Lipinski definition) is 6. The number of benzene rings is 3. The van der Waals surface area contributed by atoms with Gasteiger partial charge in [0.2, 0.25) is 6.29 Å². The van der Waals surface area contributed by atoms with Gasteiger partial charge in [-0.3, -0.25) is 4.79 Å². The fraction of sp³-hybridized carbons (Fsp3) is 0.393. The zero-order chi connectivity index (χ0) is 27.7. The van der Waals surface area contributed by atoms with E-state index in [9.17, 15) is 35.4 Å². The van der Waals surface area contributed by atoms with E-state index in [-0.39, 0.29) is 34.7 Å². The number of phenolic OH excluding ortho intramolecular Hbond substituents is 1. The first-order valence-corrected chi connectivity index (χ1v) is 12.2. The van der Waals surface area contributed by atoms with E-state index in [1.54, 1.807) is 49.4 Å². The molecule has 3 aromatic carbocycles. The van der Waals surface area contributed by atoms with Crippen molar-refractivity contribution in [3.63, 3.8) is 0 Å². The van der Waals surface area contributed by atoms with Gasteiger partial charge in [-0.15, -0.1) is 0 Å². The fourth-order valence-electron chi connectivity index (χ4n) is 4.84. The molecule has 0 amide bonds. The smallest absolute Gasteiger partial charge is 0.229 e. The van der Waals surface area contributed by atoms with Crippen LogP contribution in [0.15, 0.2) is 48.5 Å². The summed E-state index contributed by atoms with van der Waals surface area (Å²) >= 11 is 0. The Bertz CT molecular complexity index is 1290. The molecule has 4 rings (SSSR count). The summed E-state index contributed by atoms with van der Waals surface area (Å²) in [4.78, 5) is 12.2. The molecule has 7 unspecified atom stereocenters. The molecule has 0 saturated carbocycles. The van der Waals surface area contributed by atoms with E-state index in [0.29, 0.717) is 22.3 Å². The van der Waals surface area contributed by atoms with Crippen LogP contribution in [-0.2, 0) is 4.74 Å². The number of rotatable bonds is 8. The second kappa shape index (κ2) is 11.2. The van der Waals surface area contributed by atoms with Crippen LogP contribution in [0.3, 0.4) is 0 Å². The first kappa shape index (κ1) is 27.8. The Kier molecular flexibility index (Phi) is 8.22. The summed E-state index contributed by atoms with van der Waals surface area (Å²) in [7, 11) is 1.43. The van der Waals surface area contributed by atoms with Crippen LogP contribution in [0.4, 0.5) is 0 Å². The van der Waals surface area contributed by atoms with Crippen LogP contribution in [0, 0.1) is 6.92 Å². The van der Waals surface area contributed by atoms with E-state index < -0.39 is 42.9 Å². The number of carbonyl (C=O) groups excluding carboxylic acids is 1. The Morgan fingerprint density at radius 3 is 2.34 bits per heavy atom. The molecule has 38 heavy (non-hydrogen) atoms. The number of fused-ring (bicyclic) bond motifs is 1. The summed E-state index contributed by atoms with van der Waals surface area (Å²) < 4.78 is 16.9. The van der Waals surface area contributed by atoms with E-state index in [1.807, 2.05) is 0 Å². The van der Waals surface area contributed by atoms with Gasteiger partial charge in [0.25, 0.3) is 0 Å². The Balaban J connectivity index is 1.66. The molecule has 1 aliphatic rings. The van der Waals surface area contributed by atoms with Gasteiger partial charge in [0.1, 0.15) is 41.7 Å². The molecule has 1 fully saturated rings. The molecule has 0 bridgehead atoms. The van der Waals surface area contributed by atoms with Gasteiger partial charge in [-0.2, -0.15) is 0 Å². The molecule has 0 aromatic heterocycles. The molecule has 3 aromatic rings. The van der Waals surface area contributed by atoms with Gasteiger partial charge >= 0.3 is 0 Å². The number of aliphatic hydroxyl groups excluding tert-OH is 5. The first-order chi connectivity index (χ1) is 18.0. The predicted molar refractivity (Wildman–Crippen MR) is 136 cm³/mol. The normalized spacial score (nSPS) is 25.1. The molecule has 0 spiro atoms. The van der Waals surface area contributed by atoms with Crippen molar-refractivity contribution in [3.8, 4) is 17.2 Å². The standard InChI is InChI=1S/C28H32O10/c1-13-9-16-10-17(36-3)11-20(22(16)23(32)21(13)14(2)29)37-28-26(35)24(33)25(34)27(38-28)19(31)12-18(30)15-7-5-4-6-8-15/h4-11,18-19,24-28,30-35H,12H2,1-3H3. The molecule has 10 nitrogen and oxygen atoms in total. The number of aryl methyl sites for hydroxylation is 1. The van der Waals surface area contributed by atoms with Gasteiger partial charge < -0.3 is 44.8 Å². The number of Topliss-reactive ketones (excluding diaryl/α,β-unsaturated/α-hetero) is 1. The third-order valence-electron chi connectivity index (χ3n) is 6.81. The van der Waals surface area contributed by atoms with Crippen molar-refractivity contribution >= 4 is 16.6 Å². The van der Waals surface area contributed by atoms with Crippen LogP contribution in [0.2, 0.25) is 0 Å². The maximum atomic E-state index is 12.2. The molecular weight excluding hydrogens is 496 g/mol. The van der Waals surface area contributed by atoms with Crippen LogP contribution in [0.1, 0.15) is 40.9 Å². The van der Waals surface area contributed by atoms with Crippen molar-refractivity contribution < 1.29 is 49.6 Å². The van der Waals surface area contributed by atoms with E-state index in [1.165, 1.54) is 20.1 Å². The van der Waals surface area contributed by atoms with Crippen molar-refractivity contribution in [2.45, 2.75) is 63.2 Å². The maximum Gasteiger partial charge on any atom is 0.229 e. The highest BCUT2D eigenvalue weighted by molar-refractivity contribution is 6.07. The second-order valence-electron chi connectivity index (χ2n) is 9.49. The zero-order valence-corrected chi connectivity index (χ0v) is 21.2. The maximum absolute atomic E-state index is 12.2. The highest BCUT2D eigenvalue weighted by Gasteiger charge is 2.48. The average molecular weight is 529 g/mol. The highest BCUT2D eigenvalue weighted by atomic mass is 16.7. The highest BCUT2D eigenvalue weighted by Crippen LogP contribution is 2.42. The average Bonchev–Trinajstić information content (AvgIpc) is 2.88. The van der Waals surface area contributed by atoms with E-state index >= 15 is 0 Å². The third kappa shape index (κ3) is 5.32. The summed E-state index contributed by atoms with van der Waals surface area (Å²) in [6.45, 7) is 3.00. The number of carbonyl (C=O) groups is 1. The molecule has 1 heterocycles. The van der Waals surface area contributed by atoms with Crippen LogP contribution in [-0.4, -0.2) is 80.3 Å². The van der Waals surface area contributed by atoms with Crippen molar-refractivity contribution in [2.24, 2.45) is 0 Å². The van der Waals surface area contributed by atoms with Crippen LogP contribution < -0.4 is 9.47 Å². The van der Waals surface area contributed by atoms with E-state index in [4.69, 9.17) is 14.2 Å². The lowest BCUT2D eigenvalue weighted by molar-refractivity contribution is -0.289. The molecule has 6 N–H and O–H groups in total. The summed E-state index contributed by atoms with van der Waals surface area (Å²) in [6.07, 6.45) is -11.0. The summed E-state index contributed by atoms with van der Waals surface area (Å²) in [6, 6.07) is 13.3. The molecule has 1 aliphatic heterocycles. The predicted octanol–water partition coefficient (Wildman–Crippen LogP) is 1.74. The van der Waals surface area contributed by atoms with E-state index in [2.05, 4.69) is 0 Å². The minimum absolute atomic E-state index is 0.0236. The molecule has 7 atom stereocenters. The SMILES string of the molecule is COc1cc(OC2OC(C(O)CC(O)c3ccccc3)C(O)C(O)C2O)c2c(O)c(C(C)=O)c(C)cc2c1. The third-order valence-corrected chi connectivity index (χ3v) is 6.81. The fourth-order valence-corrected chi connectivity index (χ4v) is 4.84. The van der Waals surface area contributed by atoms with Gasteiger partial charge in [-0.25, -0.2) is 0 Å². The number of aromatic hydroxyl groups is 1. The van der Waals surface area contributed by atoms with Crippen molar-refractivity contribution in [2.75, 3.05) is 7.11 Å². The number of phenols is 1. The minimum Gasteiger partial charge on any atom is -0.506 e. The van der Waals surface area contributed by atoms with Gasteiger partial charge in [0, 0.05) is 12.5 Å². The Labute approximate surface area is 219 Å². The molecule has 0 aliphatic carbocycles. The number of ketones is 1. The number of aliphatic hydroxyl groups is 5. The Morgan fingerprint density at radius 2 is 1.71 bits per heavy atom. The zero-order valence-electron chi connectivity index (χ0n) is 21.2. The Morgan fingerprint density at radius 1 is 1.03 bits per heavy atom. The second-order valence-corrected chi connectivity index (χ2v) is 9.49. The summed E-state index contributed by atoms with van der Waals surface area (Å²) in [5, 5.41) is 64.6. The Hall–Kier alpha value is -3.25. The minimum atomic E-state index is -1.76. The number of ether oxygens (including phenoxy) is 3. The molecular formula is C28H32O10. The monoisotopic (exact) mass is 528 g/mol. The molecule has 204 valence electrons. The molecule has 10 heteroatoms. The molecule has 0 radical (unpaired) electrons. The van der Waals surface area contributed by atoms with Gasteiger partial charge in [0.05, 0.1) is 30.3 Å². The van der Waals surface area contributed by atoms with Crippen LogP contribution >= 0.6 is 0 Å². The van der Waals surface area contributed by atoms with Gasteiger partial charge in [0.15, 0.2) is 5.78 Å². The number of hydrogen-bond acceptors (Lipinski definition) is 10.